The number of nitrogens with one attached hydrogen (secondary N) is 2. The Morgan fingerprint density at radius 3 is 2.45 bits per heavy atom. The molecule has 1 aliphatic heterocycles. The number of anilines is 2. The third kappa shape index (κ3) is 3.67. The van der Waals surface area contributed by atoms with Crippen LogP contribution in [0.5, 0.6) is 5.75 Å². The van der Waals surface area contributed by atoms with E-state index >= 15 is 0 Å². The van der Waals surface area contributed by atoms with E-state index in [4.69, 9.17) is 4.74 Å². The number of carbonyl (C=O) groups excluding carboxylic acids is 1. The highest BCUT2D eigenvalue weighted by atomic mass is 19.1. The van der Waals surface area contributed by atoms with Gasteiger partial charge in [-0.15, -0.1) is 0 Å². The molecular formula is C26H23FN2O2. The molecule has 0 radical (unpaired) electrons. The number of ether oxygens (including phenoxy) is 1. The minimum absolute atomic E-state index is 0.00979. The van der Waals surface area contributed by atoms with E-state index in [-0.39, 0.29) is 23.6 Å². The van der Waals surface area contributed by atoms with Crippen molar-refractivity contribution < 1.29 is 13.9 Å². The molecule has 1 aliphatic carbocycles. The maximum absolute atomic E-state index is 13.5. The number of halogens is 1. The fourth-order valence-electron chi connectivity index (χ4n) is 4.53. The van der Waals surface area contributed by atoms with Crippen LogP contribution in [-0.4, -0.2) is 12.9 Å². The van der Waals surface area contributed by atoms with Crippen LogP contribution in [0.4, 0.5) is 15.8 Å². The van der Waals surface area contributed by atoms with Crippen molar-refractivity contribution in [3.63, 3.8) is 0 Å². The molecule has 156 valence electrons. The molecule has 5 heteroatoms. The minimum atomic E-state index is -0.289. The predicted octanol–water partition coefficient (Wildman–Crippen LogP) is 5.81. The van der Waals surface area contributed by atoms with Crippen molar-refractivity contribution in [3.05, 3.63) is 101 Å². The second-order valence-corrected chi connectivity index (χ2v) is 8.00. The van der Waals surface area contributed by atoms with Gasteiger partial charge in [0.1, 0.15) is 11.6 Å². The number of hydrogen-bond acceptors (Lipinski definition) is 4. The lowest BCUT2D eigenvalue weighted by molar-refractivity contribution is -0.116. The van der Waals surface area contributed by atoms with E-state index in [1.54, 1.807) is 19.2 Å². The largest absolute Gasteiger partial charge is 0.497 e. The summed E-state index contributed by atoms with van der Waals surface area (Å²) in [6, 6.07) is 22.0. The number of Topliss-reactive ketones (excluding diaryl/α,β-unsaturated/α-hetero) is 1. The van der Waals surface area contributed by atoms with E-state index in [9.17, 15) is 9.18 Å². The number of ketones is 1. The van der Waals surface area contributed by atoms with Crippen molar-refractivity contribution in [2.24, 2.45) is 0 Å². The number of methoxy groups -OCH3 is 1. The SMILES string of the molecule is COc1cccc(C2Nc3ccccc3NC3=C2C(=O)CC(c2ccc(F)cc2)C3)c1. The highest BCUT2D eigenvalue weighted by Gasteiger charge is 2.36. The van der Waals surface area contributed by atoms with Gasteiger partial charge >= 0.3 is 0 Å². The summed E-state index contributed by atoms with van der Waals surface area (Å²) in [5.41, 5.74) is 5.49. The van der Waals surface area contributed by atoms with Crippen molar-refractivity contribution in [3.8, 4) is 5.75 Å². The van der Waals surface area contributed by atoms with Crippen LogP contribution in [0, 0.1) is 5.82 Å². The summed E-state index contributed by atoms with van der Waals surface area (Å²) in [4.78, 5) is 13.5. The van der Waals surface area contributed by atoms with Gasteiger partial charge in [0.05, 0.1) is 24.5 Å². The Hall–Kier alpha value is -3.60. The number of fused-ring (bicyclic) bond motifs is 1. The van der Waals surface area contributed by atoms with E-state index < -0.39 is 0 Å². The first-order valence-electron chi connectivity index (χ1n) is 10.4. The molecule has 2 atom stereocenters. The first-order valence-corrected chi connectivity index (χ1v) is 10.4. The van der Waals surface area contributed by atoms with E-state index in [1.807, 2.05) is 48.5 Å². The summed E-state index contributed by atoms with van der Waals surface area (Å²) < 4.78 is 18.8. The monoisotopic (exact) mass is 414 g/mol. The van der Waals surface area contributed by atoms with Gasteiger partial charge in [-0.1, -0.05) is 36.4 Å². The van der Waals surface area contributed by atoms with Crippen molar-refractivity contribution in [1.29, 1.82) is 0 Å². The molecule has 0 spiro atoms. The molecule has 2 unspecified atom stereocenters. The molecule has 0 amide bonds. The quantitative estimate of drug-likeness (QED) is 0.568. The fourth-order valence-corrected chi connectivity index (χ4v) is 4.53. The second-order valence-electron chi connectivity index (χ2n) is 8.00. The number of para-hydroxylation sites is 2. The van der Waals surface area contributed by atoms with E-state index in [0.29, 0.717) is 12.8 Å². The zero-order valence-electron chi connectivity index (χ0n) is 17.2. The van der Waals surface area contributed by atoms with Crippen LogP contribution in [0.15, 0.2) is 84.1 Å². The summed E-state index contributed by atoms with van der Waals surface area (Å²) >= 11 is 0. The Balaban J connectivity index is 1.60. The molecule has 4 nitrogen and oxygen atoms in total. The molecule has 0 saturated carbocycles. The number of carbonyl (C=O) groups is 1. The predicted molar refractivity (Wildman–Crippen MR) is 120 cm³/mol. The molecule has 3 aromatic carbocycles. The minimum Gasteiger partial charge on any atom is -0.497 e. The molecule has 5 rings (SSSR count). The summed E-state index contributed by atoms with van der Waals surface area (Å²) in [5, 5.41) is 7.09. The lowest BCUT2D eigenvalue weighted by Gasteiger charge is -2.30. The lowest BCUT2D eigenvalue weighted by atomic mass is 9.78. The Morgan fingerprint density at radius 2 is 1.68 bits per heavy atom. The maximum Gasteiger partial charge on any atom is 0.163 e. The van der Waals surface area contributed by atoms with Crippen molar-refractivity contribution in [1.82, 2.24) is 0 Å². The van der Waals surface area contributed by atoms with Gasteiger partial charge in [0.2, 0.25) is 0 Å². The van der Waals surface area contributed by atoms with Crippen molar-refractivity contribution >= 4 is 17.2 Å². The van der Waals surface area contributed by atoms with Crippen LogP contribution in [0.2, 0.25) is 0 Å². The molecule has 0 fully saturated rings. The standard InChI is InChI=1S/C26H23FN2O2/c1-31-20-6-4-5-17(13-20)26-25-23(28-21-7-2-3-8-22(21)29-26)14-18(15-24(25)30)16-9-11-19(27)12-10-16/h2-13,18,26,28-29H,14-15H2,1H3. The average Bonchev–Trinajstić information content (AvgIpc) is 2.96. The highest BCUT2D eigenvalue weighted by Crippen LogP contribution is 2.44. The lowest BCUT2D eigenvalue weighted by Crippen LogP contribution is -2.26. The molecule has 0 saturated heterocycles. The van der Waals surface area contributed by atoms with Gasteiger partial charge in [0, 0.05) is 17.7 Å². The second kappa shape index (κ2) is 7.91. The molecule has 3 aromatic rings. The third-order valence-electron chi connectivity index (χ3n) is 6.08. The van der Waals surface area contributed by atoms with Crippen LogP contribution < -0.4 is 15.4 Å². The summed E-state index contributed by atoms with van der Waals surface area (Å²) in [5.74, 6) is 0.584. The van der Waals surface area contributed by atoms with Crippen LogP contribution in [-0.2, 0) is 4.79 Å². The van der Waals surface area contributed by atoms with Gasteiger partial charge in [-0.3, -0.25) is 4.79 Å². The molecule has 2 aliphatic rings. The molecule has 31 heavy (non-hydrogen) atoms. The van der Waals surface area contributed by atoms with E-state index in [2.05, 4.69) is 10.6 Å². The molecule has 2 N–H and O–H groups in total. The van der Waals surface area contributed by atoms with Crippen molar-refractivity contribution in [2.75, 3.05) is 17.7 Å². The van der Waals surface area contributed by atoms with E-state index in [0.717, 1.165) is 39.5 Å². The first kappa shape index (κ1) is 19.4. The van der Waals surface area contributed by atoms with Gasteiger partial charge < -0.3 is 15.4 Å². The summed E-state index contributed by atoms with van der Waals surface area (Å²) in [6.07, 6.45) is 1.08. The van der Waals surface area contributed by atoms with Gasteiger partial charge in [-0.2, -0.15) is 0 Å². The number of rotatable bonds is 3. The Morgan fingerprint density at radius 1 is 0.903 bits per heavy atom. The zero-order valence-corrected chi connectivity index (χ0v) is 17.2. The van der Waals surface area contributed by atoms with Crippen molar-refractivity contribution in [2.45, 2.75) is 24.8 Å². The zero-order chi connectivity index (χ0) is 21.4. The summed E-state index contributed by atoms with van der Waals surface area (Å²) in [6.45, 7) is 0. The third-order valence-corrected chi connectivity index (χ3v) is 6.08. The normalized spacial score (nSPS) is 20.1. The highest BCUT2D eigenvalue weighted by molar-refractivity contribution is 6.01. The first-order chi connectivity index (χ1) is 15.1. The fraction of sp³-hybridized carbons (Fsp3) is 0.192. The number of benzene rings is 3. The Labute approximate surface area is 180 Å². The number of hydrogen-bond donors (Lipinski definition) is 2. The van der Waals surface area contributed by atoms with Gasteiger partial charge in [0.15, 0.2) is 5.78 Å². The van der Waals surface area contributed by atoms with Gasteiger partial charge in [-0.25, -0.2) is 4.39 Å². The Bertz CT molecular complexity index is 1170. The number of allylic oxidation sites excluding steroid dienone is 1. The average molecular weight is 414 g/mol. The molecule has 0 bridgehead atoms. The van der Waals surface area contributed by atoms with Crippen LogP contribution in [0.1, 0.15) is 35.9 Å². The molecular weight excluding hydrogens is 391 g/mol. The van der Waals surface area contributed by atoms with Gasteiger partial charge in [0.25, 0.3) is 0 Å². The van der Waals surface area contributed by atoms with E-state index in [1.165, 1.54) is 12.1 Å². The Kier molecular flexibility index (Phi) is 4.94. The van der Waals surface area contributed by atoms with Gasteiger partial charge in [-0.05, 0) is 59.9 Å². The smallest absolute Gasteiger partial charge is 0.163 e. The summed E-state index contributed by atoms with van der Waals surface area (Å²) in [7, 11) is 1.64. The van der Waals surface area contributed by atoms with Crippen LogP contribution in [0.25, 0.3) is 0 Å². The molecule has 0 aromatic heterocycles. The topological polar surface area (TPSA) is 50.4 Å². The van der Waals surface area contributed by atoms with Crippen LogP contribution >= 0.6 is 0 Å². The molecule has 1 heterocycles. The van der Waals surface area contributed by atoms with Crippen LogP contribution in [0.3, 0.4) is 0 Å². The maximum atomic E-state index is 13.5.